The number of azo groups is 1. The Morgan fingerprint density at radius 2 is 1.76 bits per heavy atom. The number of anilines is 2. The second kappa shape index (κ2) is 13.5. The summed E-state index contributed by atoms with van der Waals surface area (Å²) < 4.78 is 10.5. The minimum absolute atomic E-state index is 0.144. The monoisotopic (exact) mass is 516 g/mol. The molecule has 2 rings (SSSR count). The molecule has 1 amide bonds. The predicted molar refractivity (Wildman–Crippen MR) is 135 cm³/mol. The minimum atomic E-state index is -0.796. The van der Waals surface area contributed by atoms with Gasteiger partial charge in [0.1, 0.15) is 11.4 Å². The third-order valence-electron chi connectivity index (χ3n) is 5.08. The Labute approximate surface area is 212 Å². The van der Waals surface area contributed by atoms with Gasteiger partial charge in [-0.25, -0.2) is 0 Å². The summed E-state index contributed by atoms with van der Waals surface area (Å²) in [6.45, 7) is 6.34. The first kappa shape index (κ1) is 28.6. The summed E-state index contributed by atoms with van der Waals surface area (Å²) in [6, 6.07) is 6.13. The van der Waals surface area contributed by atoms with Crippen LogP contribution in [0.5, 0.6) is 5.75 Å². The normalized spacial score (nSPS) is 10.7. The number of methoxy groups -OCH3 is 1. The number of carbonyl (C=O) groups is 2. The largest absolute Gasteiger partial charge is 0.494 e. The van der Waals surface area contributed by atoms with E-state index in [-0.39, 0.29) is 35.4 Å². The van der Waals surface area contributed by atoms with E-state index < -0.39 is 21.2 Å². The van der Waals surface area contributed by atoms with Crippen LogP contribution in [0.2, 0.25) is 0 Å². The number of nitro benzene ring substituents is 2. The number of rotatable bonds is 13. The van der Waals surface area contributed by atoms with E-state index in [0.29, 0.717) is 37.6 Å². The summed E-state index contributed by atoms with van der Waals surface area (Å²) in [5.41, 5.74) is -0.231. The van der Waals surface area contributed by atoms with Crippen LogP contribution in [-0.2, 0) is 14.3 Å². The number of hydrogen-bond acceptors (Lipinski definition) is 11. The average Bonchev–Trinajstić information content (AvgIpc) is 2.85. The number of esters is 1. The van der Waals surface area contributed by atoms with Crippen molar-refractivity contribution in [1.82, 2.24) is 0 Å². The number of nitrogens with one attached hydrogen (secondary N) is 1. The highest BCUT2D eigenvalue weighted by Crippen LogP contribution is 2.40. The van der Waals surface area contributed by atoms with Gasteiger partial charge in [0, 0.05) is 38.6 Å². The predicted octanol–water partition coefficient (Wildman–Crippen LogP) is 5.06. The molecule has 0 bridgehead atoms. The van der Waals surface area contributed by atoms with Gasteiger partial charge in [0.25, 0.3) is 5.69 Å². The van der Waals surface area contributed by atoms with Crippen LogP contribution in [0.15, 0.2) is 40.6 Å². The number of nitrogens with zero attached hydrogens (tertiary/aromatic N) is 5. The summed E-state index contributed by atoms with van der Waals surface area (Å²) in [5.74, 6) is -0.293. The maximum absolute atomic E-state index is 11.9. The van der Waals surface area contributed by atoms with Gasteiger partial charge in [0.2, 0.25) is 5.91 Å². The molecular formula is C23H28N6O8. The van der Waals surface area contributed by atoms with Crippen LogP contribution in [0.25, 0.3) is 0 Å². The van der Waals surface area contributed by atoms with Crippen LogP contribution in [0.1, 0.15) is 33.6 Å². The third kappa shape index (κ3) is 7.95. The Morgan fingerprint density at radius 1 is 1.05 bits per heavy atom. The molecule has 0 radical (unpaired) electrons. The van der Waals surface area contributed by atoms with E-state index in [9.17, 15) is 29.8 Å². The van der Waals surface area contributed by atoms with E-state index in [1.807, 2.05) is 11.8 Å². The van der Waals surface area contributed by atoms with Crippen molar-refractivity contribution in [2.75, 3.05) is 37.0 Å². The van der Waals surface area contributed by atoms with Gasteiger partial charge in [-0.3, -0.25) is 29.8 Å². The zero-order valence-corrected chi connectivity index (χ0v) is 20.9. The Balaban J connectivity index is 2.46. The van der Waals surface area contributed by atoms with Gasteiger partial charge in [0.05, 0.1) is 41.0 Å². The molecule has 0 spiro atoms. The maximum atomic E-state index is 11.9. The van der Waals surface area contributed by atoms with Gasteiger partial charge in [-0.05, 0) is 32.4 Å². The number of benzene rings is 2. The second-order valence-electron chi connectivity index (χ2n) is 7.60. The maximum Gasteiger partial charge on any atom is 0.305 e. The number of amides is 1. The van der Waals surface area contributed by atoms with E-state index in [0.717, 1.165) is 18.2 Å². The van der Waals surface area contributed by atoms with E-state index in [1.165, 1.54) is 20.1 Å². The van der Waals surface area contributed by atoms with Crippen LogP contribution in [-0.4, -0.2) is 48.5 Å². The first-order valence-corrected chi connectivity index (χ1v) is 11.4. The first-order chi connectivity index (χ1) is 17.6. The summed E-state index contributed by atoms with van der Waals surface area (Å²) in [5, 5.41) is 33.0. The molecule has 0 aliphatic rings. The van der Waals surface area contributed by atoms with Gasteiger partial charge in [-0.15, -0.1) is 10.2 Å². The summed E-state index contributed by atoms with van der Waals surface area (Å²) in [6.07, 6.45) is 0.766. The number of nitro groups is 2. The van der Waals surface area contributed by atoms with Gasteiger partial charge in [-0.1, -0.05) is 0 Å². The van der Waals surface area contributed by atoms with Crippen molar-refractivity contribution < 1.29 is 28.9 Å². The van der Waals surface area contributed by atoms with Crippen LogP contribution < -0.4 is 15.0 Å². The molecule has 1 N–H and O–H groups in total. The van der Waals surface area contributed by atoms with E-state index in [1.54, 1.807) is 13.0 Å². The summed E-state index contributed by atoms with van der Waals surface area (Å²) in [7, 11) is 1.45. The zero-order chi connectivity index (χ0) is 27.5. The van der Waals surface area contributed by atoms with Gasteiger partial charge in [-0.2, -0.15) is 0 Å². The van der Waals surface area contributed by atoms with Crippen molar-refractivity contribution in [3.05, 3.63) is 50.6 Å². The fourth-order valence-electron chi connectivity index (χ4n) is 3.40. The molecule has 14 heteroatoms. The second-order valence-corrected chi connectivity index (χ2v) is 7.60. The van der Waals surface area contributed by atoms with E-state index in [2.05, 4.69) is 15.5 Å². The Bertz CT molecular complexity index is 1200. The van der Waals surface area contributed by atoms with Crippen LogP contribution in [0.4, 0.5) is 34.1 Å². The lowest BCUT2D eigenvalue weighted by molar-refractivity contribution is -0.393. The number of non-ortho nitro benzene ring substituents is 1. The quantitative estimate of drug-likeness (QED) is 0.165. The number of carbonyl (C=O) groups excluding carboxylic acids is 2. The first-order valence-electron chi connectivity index (χ1n) is 11.4. The average molecular weight is 517 g/mol. The molecule has 0 aliphatic heterocycles. The fraction of sp³-hybridized carbons (Fsp3) is 0.391. The van der Waals surface area contributed by atoms with Crippen molar-refractivity contribution in [3.63, 3.8) is 0 Å². The van der Waals surface area contributed by atoms with Crippen LogP contribution in [0.3, 0.4) is 0 Å². The Morgan fingerprint density at radius 3 is 2.32 bits per heavy atom. The van der Waals surface area contributed by atoms with Crippen molar-refractivity contribution in [2.45, 2.75) is 33.6 Å². The lowest BCUT2D eigenvalue weighted by atomic mass is 10.1. The molecular weight excluding hydrogens is 488 g/mol. The highest BCUT2D eigenvalue weighted by atomic mass is 16.6. The Hall–Kier alpha value is -4.62. The van der Waals surface area contributed by atoms with Crippen LogP contribution >= 0.6 is 0 Å². The molecule has 0 atom stereocenters. The molecule has 0 aromatic heterocycles. The molecule has 14 nitrogen and oxygen atoms in total. The molecule has 198 valence electrons. The highest BCUT2D eigenvalue weighted by molar-refractivity contribution is 5.93. The molecule has 0 fully saturated rings. The number of ether oxygens (including phenoxy) is 2. The minimum Gasteiger partial charge on any atom is -0.494 e. The van der Waals surface area contributed by atoms with Crippen molar-refractivity contribution in [3.8, 4) is 5.75 Å². The lowest BCUT2D eigenvalue weighted by Gasteiger charge is -2.26. The molecule has 0 saturated heterocycles. The van der Waals surface area contributed by atoms with Gasteiger partial charge >= 0.3 is 11.7 Å². The molecule has 2 aromatic rings. The van der Waals surface area contributed by atoms with Crippen molar-refractivity contribution >= 4 is 46.0 Å². The number of hydrogen-bond donors (Lipinski definition) is 1. The molecule has 0 aliphatic carbocycles. The van der Waals surface area contributed by atoms with E-state index >= 15 is 0 Å². The summed E-state index contributed by atoms with van der Waals surface area (Å²) in [4.78, 5) is 46.3. The smallest absolute Gasteiger partial charge is 0.305 e. The SMILES string of the molecule is CCOC(=O)CCCN(CC)c1cc(NC(C)=O)c(N=Nc2ccc([N+](=O)[O-])cc2[N+](=O)[O-])cc1OC. The lowest BCUT2D eigenvalue weighted by Crippen LogP contribution is -2.25. The zero-order valence-electron chi connectivity index (χ0n) is 20.9. The molecule has 0 heterocycles. The molecule has 2 aromatic carbocycles. The topological polar surface area (TPSA) is 179 Å². The highest BCUT2D eigenvalue weighted by Gasteiger charge is 2.21. The molecule has 0 saturated carbocycles. The standard InChI is InChI=1S/C23H28N6O8/c1-5-27(11-7-8-23(31)37-6-2)21-13-18(24-15(3)30)19(14-22(21)36-4)26-25-17-10-9-16(28(32)33)12-20(17)29(34)35/h9-10,12-14H,5-8,11H2,1-4H3,(H,24,30). The Kier molecular flexibility index (Phi) is 10.4. The van der Waals surface area contributed by atoms with E-state index in [4.69, 9.17) is 9.47 Å². The molecule has 37 heavy (non-hydrogen) atoms. The van der Waals surface area contributed by atoms with Gasteiger partial charge < -0.3 is 19.7 Å². The fourth-order valence-corrected chi connectivity index (χ4v) is 3.40. The van der Waals surface area contributed by atoms with Crippen LogP contribution in [0, 0.1) is 20.2 Å². The summed E-state index contributed by atoms with van der Waals surface area (Å²) >= 11 is 0. The van der Waals surface area contributed by atoms with Crippen molar-refractivity contribution in [1.29, 1.82) is 0 Å². The van der Waals surface area contributed by atoms with Crippen molar-refractivity contribution in [2.24, 2.45) is 10.2 Å². The van der Waals surface area contributed by atoms with Gasteiger partial charge in [0.15, 0.2) is 5.69 Å². The third-order valence-corrected chi connectivity index (χ3v) is 5.08. The molecule has 0 unspecified atom stereocenters.